The number of ether oxygens (including phenoxy) is 1. The molecule has 3 fully saturated rings. The summed E-state index contributed by atoms with van der Waals surface area (Å²) in [6.07, 6.45) is 3.39. The number of carbonyl (C=O) groups excluding carboxylic acids is 3. The van der Waals surface area contributed by atoms with E-state index >= 15 is 0 Å². The Hall–Kier alpha value is -2.78. The maximum absolute atomic E-state index is 13.6. The predicted octanol–water partition coefficient (Wildman–Crippen LogP) is 3.09. The highest BCUT2D eigenvalue weighted by Gasteiger charge is 2.55. The monoisotopic (exact) mass is 488 g/mol. The van der Waals surface area contributed by atoms with Crippen molar-refractivity contribution in [2.75, 3.05) is 13.7 Å². The van der Waals surface area contributed by atoms with Gasteiger partial charge in [-0.25, -0.2) is 4.39 Å². The minimum absolute atomic E-state index is 0.0860. The Bertz CT molecular complexity index is 1200. The first kappa shape index (κ1) is 23.0. The average molecular weight is 489 g/mol. The molecule has 0 spiro atoms. The minimum atomic E-state index is -0.685. The van der Waals surface area contributed by atoms with Crippen LogP contribution in [0.2, 0.25) is 5.02 Å². The molecular formula is C24H26ClFN4O4. The molecule has 1 aromatic heterocycles. The van der Waals surface area contributed by atoms with Crippen LogP contribution in [0.25, 0.3) is 11.3 Å². The molecule has 180 valence electrons. The number of amides is 2. The molecule has 2 bridgehead atoms. The molecule has 3 aliphatic carbocycles. The lowest BCUT2D eigenvalue weighted by Crippen LogP contribution is -2.55. The van der Waals surface area contributed by atoms with E-state index in [0.29, 0.717) is 49.3 Å². The van der Waals surface area contributed by atoms with Gasteiger partial charge in [0.05, 0.1) is 35.0 Å². The largest absolute Gasteiger partial charge is 0.378 e. The molecule has 4 aliphatic rings. The number of carbonyl (C=O) groups is 3. The molecule has 2 aromatic rings. The minimum Gasteiger partial charge on any atom is -0.378 e. The first-order valence-corrected chi connectivity index (χ1v) is 11.8. The Labute approximate surface area is 201 Å². The molecule has 1 aliphatic heterocycles. The van der Waals surface area contributed by atoms with Gasteiger partial charge < -0.3 is 15.4 Å². The number of hydrogen-bond acceptors (Lipinski definition) is 5. The number of nitrogens with two attached hydrogens (primary N) is 1. The number of hydrogen-bond donors (Lipinski definition) is 1. The lowest BCUT2D eigenvalue weighted by atomic mass is 9.56. The first-order valence-electron chi connectivity index (χ1n) is 11.4. The van der Waals surface area contributed by atoms with Crippen LogP contribution in [0.1, 0.15) is 54.6 Å². The summed E-state index contributed by atoms with van der Waals surface area (Å²) in [6, 6.07) is 4.10. The fraction of sp³-hybridized carbons (Fsp3) is 0.500. The van der Waals surface area contributed by atoms with Crippen molar-refractivity contribution in [1.82, 2.24) is 14.7 Å². The van der Waals surface area contributed by atoms with E-state index < -0.39 is 17.1 Å². The molecule has 34 heavy (non-hydrogen) atoms. The second kappa shape index (κ2) is 8.16. The van der Waals surface area contributed by atoms with Gasteiger partial charge in [-0.15, -0.1) is 0 Å². The standard InChI is InChI=1S/C24H26ClFN4O4/c1-34-24-6-4-23(5-7-24,18(31)11-24)12-19(32)29-8-9-30-17(13-29)20(22(27)33)21(28-30)14-2-3-16(26)15(25)10-14/h2-3,10H,4-9,11-13H2,1H3,(H2,27,33). The number of nitrogens with zero attached hydrogens (tertiary/aromatic N) is 3. The van der Waals surface area contributed by atoms with Gasteiger partial charge in [0.15, 0.2) is 0 Å². The van der Waals surface area contributed by atoms with E-state index in [1.807, 2.05) is 0 Å². The highest BCUT2D eigenvalue weighted by molar-refractivity contribution is 6.31. The number of primary amides is 1. The molecule has 2 heterocycles. The van der Waals surface area contributed by atoms with Gasteiger partial charge in [0, 0.05) is 37.5 Å². The third-order valence-electron chi connectivity index (χ3n) is 7.89. The van der Waals surface area contributed by atoms with Crippen molar-refractivity contribution in [3.63, 3.8) is 0 Å². The molecule has 0 atom stereocenters. The molecule has 3 saturated carbocycles. The van der Waals surface area contributed by atoms with Crippen LogP contribution in [0.3, 0.4) is 0 Å². The summed E-state index contributed by atoms with van der Waals surface area (Å²) >= 11 is 5.93. The first-order chi connectivity index (χ1) is 16.2. The van der Waals surface area contributed by atoms with Crippen molar-refractivity contribution in [1.29, 1.82) is 0 Å². The fourth-order valence-corrected chi connectivity index (χ4v) is 5.89. The van der Waals surface area contributed by atoms with Crippen molar-refractivity contribution >= 4 is 29.2 Å². The van der Waals surface area contributed by atoms with E-state index in [0.717, 1.165) is 12.8 Å². The number of fused-ring (bicyclic) bond motifs is 4. The van der Waals surface area contributed by atoms with E-state index in [1.165, 1.54) is 18.2 Å². The van der Waals surface area contributed by atoms with Crippen LogP contribution in [0.15, 0.2) is 18.2 Å². The zero-order valence-electron chi connectivity index (χ0n) is 18.9. The molecule has 8 nitrogen and oxygen atoms in total. The van der Waals surface area contributed by atoms with Crippen LogP contribution >= 0.6 is 11.6 Å². The van der Waals surface area contributed by atoms with Crippen molar-refractivity contribution in [3.05, 3.63) is 40.3 Å². The van der Waals surface area contributed by atoms with Gasteiger partial charge in [0.2, 0.25) is 5.91 Å². The van der Waals surface area contributed by atoms with Crippen molar-refractivity contribution in [2.45, 2.75) is 57.2 Å². The molecule has 6 rings (SSSR count). The van der Waals surface area contributed by atoms with Gasteiger partial charge in [-0.1, -0.05) is 11.6 Å². The highest BCUT2D eigenvalue weighted by Crippen LogP contribution is 2.53. The number of halogens is 2. The Kier molecular flexibility index (Phi) is 5.52. The van der Waals surface area contributed by atoms with Gasteiger partial charge in [-0.05, 0) is 43.9 Å². The van der Waals surface area contributed by atoms with Gasteiger partial charge >= 0.3 is 0 Å². The number of rotatable bonds is 5. The normalized spacial score (nSPS) is 26.0. The average Bonchev–Trinajstić information content (AvgIpc) is 3.21. The van der Waals surface area contributed by atoms with Gasteiger partial charge in [-0.3, -0.25) is 19.1 Å². The molecule has 0 unspecified atom stereocenters. The number of benzene rings is 1. The Morgan fingerprint density at radius 1 is 1.24 bits per heavy atom. The number of Topliss-reactive ketones (excluding diaryl/α,β-unsaturated/α-hetero) is 1. The van der Waals surface area contributed by atoms with Crippen LogP contribution < -0.4 is 5.73 Å². The Morgan fingerprint density at radius 2 is 1.97 bits per heavy atom. The summed E-state index contributed by atoms with van der Waals surface area (Å²) in [5.41, 5.74) is 6.19. The maximum Gasteiger partial charge on any atom is 0.252 e. The van der Waals surface area contributed by atoms with Gasteiger partial charge in [0.25, 0.3) is 5.91 Å². The fourth-order valence-electron chi connectivity index (χ4n) is 5.71. The number of aromatic nitrogens is 2. The number of ketones is 1. The van der Waals surface area contributed by atoms with E-state index in [-0.39, 0.29) is 40.8 Å². The lowest BCUT2D eigenvalue weighted by Gasteiger charge is -2.51. The summed E-state index contributed by atoms with van der Waals surface area (Å²) < 4.78 is 20.9. The third-order valence-corrected chi connectivity index (χ3v) is 8.18. The van der Waals surface area contributed by atoms with Crippen LogP contribution in [-0.2, 0) is 27.4 Å². The quantitative estimate of drug-likeness (QED) is 0.695. The van der Waals surface area contributed by atoms with E-state index in [2.05, 4.69) is 5.10 Å². The van der Waals surface area contributed by atoms with Crippen LogP contribution in [0.5, 0.6) is 0 Å². The van der Waals surface area contributed by atoms with E-state index in [4.69, 9.17) is 22.1 Å². The van der Waals surface area contributed by atoms with E-state index in [1.54, 1.807) is 16.7 Å². The van der Waals surface area contributed by atoms with E-state index in [9.17, 15) is 18.8 Å². The second-order valence-electron chi connectivity index (χ2n) is 9.65. The van der Waals surface area contributed by atoms with Crippen molar-refractivity contribution in [2.24, 2.45) is 11.1 Å². The van der Waals surface area contributed by atoms with Crippen LogP contribution in [0.4, 0.5) is 4.39 Å². The Balaban J connectivity index is 1.39. The van der Waals surface area contributed by atoms with Crippen LogP contribution in [0, 0.1) is 11.2 Å². The number of methoxy groups -OCH3 is 1. The zero-order valence-corrected chi connectivity index (χ0v) is 19.7. The summed E-state index contributed by atoms with van der Waals surface area (Å²) in [7, 11) is 1.65. The molecule has 0 saturated heterocycles. The van der Waals surface area contributed by atoms with Gasteiger partial charge in [0.1, 0.15) is 17.3 Å². The molecule has 0 radical (unpaired) electrons. The summed E-state index contributed by atoms with van der Waals surface area (Å²) in [6.45, 7) is 0.941. The SMILES string of the molecule is COC12CCC(CC(=O)N3CCn4nc(-c5ccc(F)c(Cl)c5)c(C(N)=O)c4C3)(CC1)C(=O)C2. The molecule has 1 aromatic carbocycles. The third kappa shape index (κ3) is 3.62. The molecule has 10 heteroatoms. The summed E-state index contributed by atoms with van der Waals surface area (Å²) in [5, 5.41) is 4.43. The molecular weight excluding hydrogens is 463 g/mol. The molecule has 2 N–H and O–H groups in total. The highest BCUT2D eigenvalue weighted by atomic mass is 35.5. The lowest BCUT2D eigenvalue weighted by molar-refractivity contribution is -0.164. The topological polar surface area (TPSA) is 108 Å². The summed E-state index contributed by atoms with van der Waals surface area (Å²) in [4.78, 5) is 40.3. The second-order valence-corrected chi connectivity index (χ2v) is 10.1. The Morgan fingerprint density at radius 3 is 2.59 bits per heavy atom. The maximum atomic E-state index is 13.6. The van der Waals surface area contributed by atoms with Gasteiger partial charge in [-0.2, -0.15) is 5.10 Å². The predicted molar refractivity (Wildman–Crippen MR) is 121 cm³/mol. The zero-order chi connectivity index (χ0) is 24.3. The van der Waals surface area contributed by atoms with Crippen molar-refractivity contribution < 1.29 is 23.5 Å². The van der Waals surface area contributed by atoms with Crippen LogP contribution in [-0.4, -0.2) is 51.5 Å². The smallest absolute Gasteiger partial charge is 0.252 e. The molecule has 2 amide bonds. The van der Waals surface area contributed by atoms with Crippen molar-refractivity contribution in [3.8, 4) is 11.3 Å². The summed E-state index contributed by atoms with van der Waals surface area (Å²) in [5.74, 6) is -1.27.